The number of hydrogen-bond donors (Lipinski definition) is 3. The summed E-state index contributed by atoms with van der Waals surface area (Å²) in [5.41, 5.74) is -4.97. The molecule has 3 heterocycles. The van der Waals surface area contributed by atoms with Crippen LogP contribution in [0.1, 0.15) is 79.6 Å². The summed E-state index contributed by atoms with van der Waals surface area (Å²) in [6, 6.07) is 0.540. The molecule has 1 aromatic heterocycles. The molecule has 7 atom stereocenters. The number of rotatable bonds is 10. The second-order valence-corrected chi connectivity index (χ2v) is 19.1. The summed E-state index contributed by atoms with van der Waals surface area (Å²) in [7, 11) is -4.53. The Morgan fingerprint density at radius 3 is 2.47 bits per heavy atom. The second-order valence-electron chi connectivity index (χ2n) is 17.0. The molecule has 0 radical (unpaired) electrons. The number of allylic oxidation sites excluding steroid dienone is 1. The van der Waals surface area contributed by atoms with E-state index in [1.165, 1.54) is 19.2 Å². The van der Waals surface area contributed by atoms with Gasteiger partial charge in [0.1, 0.15) is 40.7 Å². The fraction of sp³-hybridized carbons (Fsp3) is 0.625. The number of aromatic nitrogens is 1. The van der Waals surface area contributed by atoms with Gasteiger partial charge in [0.25, 0.3) is 5.91 Å². The van der Waals surface area contributed by atoms with Gasteiger partial charge in [-0.1, -0.05) is 26.0 Å². The number of fused-ring (bicyclic) bond motifs is 3. The fourth-order valence-corrected chi connectivity index (χ4v) is 9.83. The van der Waals surface area contributed by atoms with Crippen molar-refractivity contribution in [3.63, 3.8) is 0 Å². The first kappa shape index (κ1) is 44.8. The van der Waals surface area contributed by atoms with Crippen LogP contribution in [0.2, 0.25) is 0 Å². The van der Waals surface area contributed by atoms with E-state index >= 15 is 4.39 Å². The molecule has 20 heteroatoms. The number of pyridine rings is 1. The van der Waals surface area contributed by atoms with Crippen LogP contribution in [0.5, 0.6) is 11.6 Å². The van der Waals surface area contributed by atoms with Crippen molar-refractivity contribution in [2.75, 3.05) is 19.8 Å². The van der Waals surface area contributed by atoms with E-state index < -0.39 is 105 Å². The smallest absolute Gasteiger partial charge is 0.411 e. The predicted octanol–water partition coefficient (Wildman–Crippen LogP) is 5.65. The molecule has 2 aliphatic heterocycles. The van der Waals surface area contributed by atoms with E-state index in [-0.39, 0.29) is 66.5 Å². The molecule has 2 aromatic rings. The van der Waals surface area contributed by atoms with Crippen LogP contribution in [0.25, 0.3) is 10.8 Å². The number of ether oxygens (including phenoxy) is 2. The molecule has 0 bridgehead atoms. The average Bonchev–Trinajstić information content (AvgIpc) is 4.06. The Morgan fingerprint density at radius 1 is 1.15 bits per heavy atom. The van der Waals surface area contributed by atoms with Gasteiger partial charge in [-0.15, -0.1) is 0 Å². The third kappa shape index (κ3) is 8.31. The van der Waals surface area contributed by atoms with Gasteiger partial charge in [-0.2, -0.15) is 13.2 Å². The predicted molar refractivity (Wildman–Crippen MR) is 206 cm³/mol. The second kappa shape index (κ2) is 16.3. The Labute approximate surface area is 344 Å². The van der Waals surface area contributed by atoms with Crippen molar-refractivity contribution in [3.05, 3.63) is 42.4 Å². The van der Waals surface area contributed by atoms with Crippen molar-refractivity contribution in [2.45, 2.75) is 120 Å². The Morgan fingerprint density at radius 2 is 1.85 bits per heavy atom. The number of alkyl halides is 4. The van der Waals surface area contributed by atoms with Crippen LogP contribution in [-0.2, 0) is 24.4 Å². The Bertz CT molecular complexity index is 2170. The molecule has 3 fully saturated rings. The van der Waals surface area contributed by atoms with Crippen molar-refractivity contribution in [1.29, 1.82) is 0 Å². The molecule has 330 valence electrons. The van der Waals surface area contributed by atoms with Gasteiger partial charge in [-0.25, -0.2) is 27.0 Å². The van der Waals surface area contributed by atoms with Gasteiger partial charge >= 0.3 is 12.3 Å². The lowest BCUT2D eigenvalue weighted by molar-refractivity contribution is -0.222. The topological polar surface area (TPSA) is 185 Å². The summed E-state index contributed by atoms with van der Waals surface area (Å²) in [5.74, 6) is -6.17. The number of nitrogens with zero attached hydrogens (tertiary/aromatic N) is 3. The van der Waals surface area contributed by atoms with Crippen molar-refractivity contribution in [3.8, 4) is 11.6 Å². The van der Waals surface area contributed by atoms with Crippen molar-refractivity contribution in [1.82, 2.24) is 24.8 Å². The molecule has 4 aliphatic rings. The van der Waals surface area contributed by atoms with Crippen LogP contribution in [-0.4, -0.2) is 112 Å². The summed E-state index contributed by atoms with van der Waals surface area (Å²) >= 11 is 0. The molecule has 0 unspecified atom stereocenters. The minimum atomic E-state index is -5.15. The number of amides is 4. The number of nitrogens with one attached hydrogen (secondary N) is 2. The number of hydrogen-bond acceptors (Lipinski definition) is 9. The zero-order valence-corrected chi connectivity index (χ0v) is 34.7. The maximum absolute atomic E-state index is 15.1. The molecule has 1 saturated heterocycles. The first-order chi connectivity index (χ1) is 28.0. The lowest BCUT2D eigenvalue weighted by Gasteiger charge is -2.45. The van der Waals surface area contributed by atoms with Crippen LogP contribution in [0.15, 0.2) is 36.5 Å². The molecular formula is C40H50F5N5O9S. The van der Waals surface area contributed by atoms with E-state index in [4.69, 9.17) is 9.47 Å². The highest BCUT2D eigenvalue weighted by molar-refractivity contribution is 7.91. The lowest BCUT2D eigenvalue weighted by atomic mass is 9.85. The molecular weight excluding hydrogens is 822 g/mol. The number of carbonyl (C=O) groups excluding carboxylic acids is 3. The minimum absolute atomic E-state index is 0.0164. The lowest BCUT2D eigenvalue weighted by Crippen LogP contribution is -2.66. The molecule has 2 saturated carbocycles. The van der Waals surface area contributed by atoms with Crippen molar-refractivity contribution < 1.29 is 64.1 Å². The summed E-state index contributed by atoms with van der Waals surface area (Å²) in [4.78, 5) is 61.6. The summed E-state index contributed by atoms with van der Waals surface area (Å²) in [6.07, 6.45) is -3.10. The molecule has 2 aliphatic carbocycles. The molecule has 3 N–H and O–H groups in total. The molecule has 4 amide bonds. The van der Waals surface area contributed by atoms with Gasteiger partial charge in [0.2, 0.25) is 27.7 Å². The van der Waals surface area contributed by atoms with Crippen molar-refractivity contribution >= 4 is 44.6 Å². The maximum Gasteiger partial charge on any atom is 0.411 e. The van der Waals surface area contributed by atoms with Crippen LogP contribution >= 0.6 is 0 Å². The van der Waals surface area contributed by atoms with E-state index in [1.807, 2.05) is 4.72 Å². The zero-order chi connectivity index (χ0) is 44.2. The quantitative estimate of drug-likeness (QED) is 0.199. The van der Waals surface area contributed by atoms with Gasteiger partial charge in [0.15, 0.2) is 11.6 Å². The number of carboxylic acid groups (broad SMARTS) is 1. The molecule has 6 rings (SSSR count). The fourth-order valence-electron chi connectivity index (χ4n) is 8.40. The van der Waals surface area contributed by atoms with E-state index in [0.29, 0.717) is 32.1 Å². The van der Waals surface area contributed by atoms with Gasteiger partial charge in [-0.3, -0.25) is 24.0 Å². The van der Waals surface area contributed by atoms with E-state index in [9.17, 15) is 50.3 Å². The van der Waals surface area contributed by atoms with Crippen molar-refractivity contribution in [2.24, 2.45) is 17.8 Å². The zero-order valence-electron chi connectivity index (χ0n) is 33.9. The highest BCUT2D eigenvalue weighted by Crippen LogP contribution is 2.48. The highest BCUT2D eigenvalue weighted by atomic mass is 32.2. The van der Waals surface area contributed by atoms with E-state index in [1.54, 1.807) is 32.1 Å². The van der Waals surface area contributed by atoms with Gasteiger partial charge in [0.05, 0.1) is 13.2 Å². The number of carbonyl (C=O) groups is 4. The summed E-state index contributed by atoms with van der Waals surface area (Å²) < 4.78 is 111. The maximum atomic E-state index is 15.1. The Hall–Kier alpha value is -4.75. The monoisotopic (exact) mass is 871 g/mol. The van der Waals surface area contributed by atoms with Crippen LogP contribution < -0.4 is 19.5 Å². The third-order valence-corrected chi connectivity index (χ3v) is 14.5. The molecule has 0 spiro atoms. The van der Waals surface area contributed by atoms with Crippen LogP contribution in [0.3, 0.4) is 0 Å². The largest absolute Gasteiger partial charge is 0.491 e. The van der Waals surface area contributed by atoms with E-state index in [2.05, 4.69) is 10.3 Å². The van der Waals surface area contributed by atoms with Gasteiger partial charge < -0.3 is 24.8 Å². The first-order valence-corrected chi connectivity index (χ1v) is 21.4. The molecule has 1 aromatic carbocycles. The molecule has 14 nitrogen and oxygen atoms in total. The highest BCUT2D eigenvalue weighted by Gasteiger charge is 2.64. The molecule has 60 heavy (non-hydrogen) atoms. The number of sulfonamides is 1. The Balaban J connectivity index is 1.42. The number of halogens is 5. The SMILES string of the molecule is CCOc1cc2ccnc(O[C@@H]3C[C@H]4C(=O)N[C@]5(C(=O)NS(=O)(=O)C6(CF)CC6)C[C@H]5/C=C\CC[C@@H](C)C[C@@H](C)[C@H](N(C(=O)O)C(C)(C)C(F)(F)F)C(=O)N4C3)c2cc1F. The minimum Gasteiger partial charge on any atom is -0.491 e. The van der Waals surface area contributed by atoms with E-state index in [0.717, 1.165) is 11.0 Å². The normalized spacial score (nSPS) is 28.9. The third-order valence-electron chi connectivity index (χ3n) is 12.4. The standard InChI is InChI=1S/C40H50F5N5O9S/c1-6-58-30-16-24-11-14-46-33(27(24)18-28(30)42)59-26-17-29-32(51)47-39(35(53)48-60(56,57)38(21-41)12-13-38)19-25(39)10-8-7-9-22(2)15-23(3)31(34(52)49(29)20-26)50(36(54)55)37(4,5)40(43,44)45/h8,10-11,14,16,18,22-23,25-26,29,31H,6-7,9,12-13,15,17,19-21H2,1-5H3,(H,47,51)(H,48,53)(H,54,55)/b10-8-/t22-,23-,25-,26-,29+,31+,39-/m1/s1. The van der Waals surface area contributed by atoms with Gasteiger partial charge in [-0.05, 0) is 94.7 Å². The average molecular weight is 872 g/mol. The summed E-state index contributed by atoms with van der Waals surface area (Å²) in [6.45, 7) is 4.70. The van der Waals surface area contributed by atoms with Crippen LogP contribution in [0, 0.1) is 23.6 Å². The Kier molecular flexibility index (Phi) is 12.1. The van der Waals surface area contributed by atoms with Gasteiger partial charge in [0, 0.05) is 23.9 Å². The van der Waals surface area contributed by atoms with Crippen LogP contribution in [0.4, 0.5) is 26.7 Å². The number of benzene rings is 1. The first-order valence-electron chi connectivity index (χ1n) is 19.9. The summed E-state index contributed by atoms with van der Waals surface area (Å²) in [5, 5.41) is 13.7.